The molecule has 1 aromatic rings. The number of likely N-dealkylation sites (N-methyl/N-ethyl adjacent to an activating group) is 1. The molecular formula is C17H30N2O2+2. The van der Waals surface area contributed by atoms with Crippen molar-refractivity contribution in [1.82, 2.24) is 0 Å². The van der Waals surface area contributed by atoms with E-state index in [0.717, 1.165) is 18.9 Å². The number of hydrogen-bond donors (Lipinski definition) is 2. The first kappa shape index (κ1) is 16.3. The molecule has 118 valence electrons. The predicted octanol–water partition coefficient (Wildman–Crippen LogP) is -0.888. The maximum atomic E-state index is 5.71. The molecule has 1 aliphatic rings. The Hall–Kier alpha value is -1.10. The molecule has 1 aliphatic heterocycles. The van der Waals surface area contributed by atoms with Crippen LogP contribution in [-0.4, -0.2) is 59.6 Å². The van der Waals surface area contributed by atoms with Crippen LogP contribution in [0.3, 0.4) is 0 Å². The van der Waals surface area contributed by atoms with E-state index in [1.165, 1.54) is 37.3 Å². The zero-order chi connectivity index (χ0) is 15.1. The lowest BCUT2D eigenvalue weighted by molar-refractivity contribution is -1.00. The summed E-state index contributed by atoms with van der Waals surface area (Å²) in [5.74, 6) is 0.939. The Morgan fingerprint density at radius 1 is 0.952 bits per heavy atom. The summed E-state index contributed by atoms with van der Waals surface area (Å²) in [4.78, 5) is 3.33. The predicted molar refractivity (Wildman–Crippen MR) is 84.4 cm³/mol. The third-order valence-corrected chi connectivity index (χ3v) is 4.39. The molecule has 0 unspecified atom stereocenters. The molecule has 0 aromatic heterocycles. The molecule has 1 saturated heterocycles. The van der Waals surface area contributed by atoms with Crippen LogP contribution in [0.15, 0.2) is 18.2 Å². The minimum absolute atomic E-state index is 0.630. The van der Waals surface area contributed by atoms with Crippen molar-refractivity contribution in [1.29, 1.82) is 0 Å². The largest absolute Gasteiger partial charge is 0.491 e. The molecule has 0 spiro atoms. The van der Waals surface area contributed by atoms with E-state index in [0.29, 0.717) is 13.2 Å². The lowest BCUT2D eigenvalue weighted by atomic mass is 10.1. The Morgan fingerprint density at radius 2 is 1.71 bits per heavy atom. The molecule has 1 aromatic carbocycles. The summed E-state index contributed by atoms with van der Waals surface area (Å²) in [5.41, 5.74) is 2.57. The zero-order valence-electron chi connectivity index (χ0n) is 13.7. The van der Waals surface area contributed by atoms with Gasteiger partial charge in [0.1, 0.15) is 45.1 Å². The minimum Gasteiger partial charge on any atom is -0.491 e. The molecule has 0 aliphatic carbocycles. The minimum atomic E-state index is 0.630. The number of benzene rings is 1. The van der Waals surface area contributed by atoms with Crippen molar-refractivity contribution in [3.63, 3.8) is 0 Å². The third kappa shape index (κ3) is 5.65. The second-order valence-corrected chi connectivity index (χ2v) is 6.16. The highest BCUT2D eigenvalue weighted by atomic mass is 16.5. The van der Waals surface area contributed by atoms with Crippen molar-refractivity contribution in [2.75, 3.05) is 59.6 Å². The fourth-order valence-corrected chi connectivity index (χ4v) is 2.62. The summed E-state index contributed by atoms with van der Waals surface area (Å²) >= 11 is 0. The summed E-state index contributed by atoms with van der Waals surface area (Å²) in [6, 6.07) is 6.22. The maximum Gasteiger partial charge on any atom is 0.127 e. The van der Waals surface area contributed by atoms with Crippen LogP contribution < -0.4 is 14.5 Å². The molecule has 0 bridgehead atoms. The van der Waals surface area contributed by atoms with E-state index in [4.69, 9.17) is 9.47 Å². The lowest BCUT2D eigenvalue weighted by Gasteiger charge is -2.27. The van der Waals surface area contributed by atoms with Crippen molar-refractivity contribution < 1.29 is 19.3 Å². The number of quaternary nitrogens is 2. The third-order valence-electron chi connectivity index (χ3n) is 4.39. The van der Waals surface area contributed by atoms with E-state index < -0.39 is 0 Å². The van der Waals surface area contributed by atoms with Gasteiger partial charge in [-0.25, -0.2) is 0 Å². The quantitative estimate of drug-likeness (QED) is 0.639. The number of piperazine rings is 1. The van der Waals surface area contributed by atoms with E-state index in [9.17, 15) is 0 Å². The van der Waals surface area contributed by atoms with Crippen LogP contribution >= 0.6 is 0 Å². The van der Waals surface area contributed by atoms with E-state index >= 15 is 0 Å². The van der Waals surface area contributed by atoms with Gasteiger partial charge in [0.25, 0.3) is 0 Å². The molecule has 1 fully saturated rings. The first-order chi connectivity index (χ1) is 10.1. The molecule has 4 nitrogen and oxygen atoms in total. The van der Waals surface area contributed by atoms with E-state index in [2.05, 4.69) is 33.0 Å². The highest BCUT2D eigenvalue weighted by molar-refractivity contribution is 5.33. The lowest BCUT2D eigenvalue weighted by Crippen LogP contribution is -3.27. The van der Waals surface area contributed by atoms with E-state index in [1.54, 1.807) is 9.80 Å². The Balaban J connectivity index is 1.53. The molecule has 0 atom stereocenters. The zero-order valence-corrected chi connectivity index (χ0v) is 13.7. The van der Waals surface area contributed by atoms with Crippen molar-refractivity contribution in [2.45, 2.75) is 13.8 Å². The summed E-state index contributed by atoms with van der Waals surface area (Å²) < 4.78 is 11.4. The molecule has 21 heavy (non-hydrogen) atoms. The Bertz CT molecular complexity index is 429. The molecule has 4 heteroatoms. The van der Waals surface area contributed by atoms with Gasteiger partial charge in [-0.2, -0.15) is 0 Å². The van der Waals surface area contributed by atoms with Crippen LogP contribution in [0.2, 0.25) is 0 Å². The normalized spacial score (nSPS) is 22.2. The molecule has 2 rings (SSSR count). The van der Waals surface area contributed by atoms with Crippen LogP contribution in [0.1, 0.15) is 11.1 Å². The van der Waals surface area contributed by atoms with Crippen LogP contribution in [0.5, 0.6) is 5.75 Å². The second-order valence-electron chi connectivity index (χ2n) is 6.16. The average molecular weight is 294 g/mol. The highest BCUT2D eigenvalue weighted by Gasteiger charge is 2.18. The van der Waals surface area contributed by atoms with Gasteiger partial charge in [0.2, 0.25) is 0 Å². The van der Waals surface area contributed by atoms with Gasteiger partial charge in [-0.15, -0.1) is 0 Å². The molecule has 0 saturated carbocycles. The Kier molecular flexibility index (Phi) is 6.49. The van der Waals surface area contributed by atoms with Gasteiger partial charge < -0.3 is 19.3 Å². The Morgan fingerprint density at radius 3 is 2.43 bits per heavy atom. The first-order valence-electron chi connectivity index (χ1n) is 8.08. The topological polar surface area (TPSA) is 27.3 Å². The van der Waals surface area contributed by atoms with Crippen molar-refractivity contribution >= 4 is 0 Å². The number of aryl methyl sites for hydroxylation is 2. The van der Waals surface area contributed by atoms with Gasteiger partial charge in [-0.1, -0.05) is 6.07 Å². The van der Waals surface area contributed by atoms with E-state index in [-0.39, 0.29) is 0 Å². The van der Waals surface area contributed by atoms with Crippen molar-refractivity contribution in [2.24, 2.45) is 0 Å². The Labute approximate surface area is 128 Å². The van der Waals surface area contributed by atoms with Gasteiger partial charge in [0.05, 0.1) is 20.3 Å². The van der Waals surface area contributed by atoms with Crippen molar-refractivity contribution in [3.8, 4) is 5.75 Å². The highest BCUT2D eigenvalue weighted by Crippen LogP contribution is 2.16. The number of ether oxygens (including phenoxy) is 2. The van der Waals surface area contributed by atoms with Gasteiger partial charge in [-0.3, -0.25) is 0 Å². The summed E-state index contributed by atoms with van der Waals surface area (Å²) in [5, 5.41) is 0. The monoisotopic (exact) mass is 294 g/mol. The number of hydrogen-bond acceptors (Lipinski definition) is 2. The van der Waals surface area contributed by atoms with Crippen LogP contribution in [0.4, 0.5) is 0 Å². The molecule has 0 radical (unpaired) electrons. The molecular weight excluding hydrogens is 264 g/mol. The number of nitrogens with one attached hydrogen (secondary N) is 2. The molecule has 1 heterocycles. The molecule has 2 N–H and O–H groups in total. The summed E-state index contributed by atoms with van der Waals surface area (Å²) in [6.45, 7) is 12.6. The van der Waals surface area contributed by atoms with Gasteiger partial charge in [-0.05, 0) is 37.1 Å². The maximum absolute atomic E-state index is 5.71. The second kappa shape index (κ2) is 8.37. The fourth-order valence-electron chi connectivity index (χ4n) is 2.62. The van der Waals surface area contributed by atoms with E-state index in [1.807, 2.05) is 6.07 Å². The fraction of sp³-hybridized carbons (Fsp3) is 0.647. The molecule has 0 amide bonds. The van der Waals surface area contributed by atoms with Gasteiger partial charge >= 0.3 is 0 Å². The average Bonchev–Trinajstić information content (AvgIpc) is 2.48. The standard InChI is InChI=1S/C17H28N2O2/c1-15-4-5-17(14-16(15)2)21-13-12-20-11-10-19-8-6-18(3)7-9-19/h4-5,14H,6-13H2,1-3H3/p+2. The van der Waals surface area contributed by atoms with Crippen molar-refractivity contribution in [3.05, 3.63) is 29.3 Å². The van der Waals surface area contributed by atoms with Crippen LogP contribution in [0.25, 0.3) is 0 Å². The van der Waals surface area contributed by atoms with Crippen LogP contribution in [0, 0.1) is 13.8 Å². The smallest absolute Gasteiger partial charge is 0.127 e. The summed E-state index contributed by atoms with van der Waals surface area (Å²) in [6.07, 6.45) is 0. The SMILES string of the molecule is Cc1ccc(OCCOCC[NH+]2CC[NH+](C)CC2)cc1C. The first-order valence-corrected chi connectivity index (χ1v) is 8.08. The number of rotatable bonds is 7. The summed E-state index contributed by atoms with van der Waals surface area (Å²) in [7, 11) is 2.28. The van der Waals surface area contributed by atoms with Gasteiger partial charge in [0.15, 0.2) is 0 Å². The van der Waals surface area contributed by atoms with Crippen LogP contribution in [-0.2, 0) is 4.74 Å². The van der Waals surface area contributed by atoms with Gasteiger partial charge in [0, 0.05) is 0 Å².